The number of hydrogen-bond acceptors (Lipinski definition) is 5. The van der Waals surface area contributed by atoms with Crippen molar-refractivity contribution in [3.63, 3.8) is 0 Å². The van der Waals surface area contributed by atoms with Crippen LogP contribution in [0.15, 0.2) is 33.7 Å². The molecule has 170 valence electrons. The number of aromatic hydroxyl groups is 1. The van der Waals surface area contributed by atoms with Crippen molar-refractivity contribution in [2.75, 3.05) is 0 Å². The molecule has 0 radical (unpaired) electrons. The lowest BCUT2D eigenvalue weighted by Gasteiger charge is -2.42. The van der Waals surface area contributed by atoms with Crippen molar-refractivity contribution in [2.24, 2.45) is 17.8 Å². The number of halogens is 1. The summed E-state index contributed by atoms with van der Waals surface area (Å²) in [6, 6.07) is 5.14. The predicted octanol–water partition coefficient (Wildman–Crippen LogP) is 4.30. The third kappa shape index (κ3) is 3.55. The Hall–Kier alpha value is -1.64. The third-order valence-corrected chi connectivity index (χ3v) is 8.44. The number of imide groups is 1. The lowest BCUT2D eigenvalue weighted by atomic mass is 9.55. The fourth-order valence-electron chi connectivity index (χ4n) is 6.46. The molecule has 0 aromatic heterocycles. The molecule has 3 fully saturated rings. The van der Waals surface area contributed by atoms with Crippen LogP contribution in [-0.2, 0) is 14.2 Å². The number of carbonyl (C=O) groups excluding carboxylic acids is 2. The lowest BCUT2D eigenvalue weighted by molar-refractivity contribution is -0.143. The maximum absolute atomic E-state index is 13.7. The number of phenols is 1. The van der Waals surface area contributed by atoms with E-state index in [4.69, 9.17) is 4.65 Å². The topological polar surface area (TPSA) is 87.1 Å². The van der Waals surface area contributed by atoms with Crippen molar-refractivity contribution >= 4 is 34.9 Å². The Balaban J connectivity index is 1.51. The Morgan fingerprint density at radius 1 is 1.16 bits per heavy atom. The van der Waals surface area contributed by atoms with E-state index in [-0.39, 0.29) is 35.4 Å². The standard InChI is InChI=1S/C24H29BBrNO5/c1-2-13-10-18-21(24(30)27(23(18)29)15-6-4-3-5-7-15)17-12-20(32-25(31)22(13)17)16-11-14(26)8-9-19(16)28/h8-9,11,15,17-18,20-21,28,31H,2-7,10,12H2,1H3/t17-,18-,20-,21+/m0/s1. The number of allylic oxidation sites excluding steroid dienone is 2. The first-order chi connectivity index (χ1) is 15.4. The van der Waals surface area contributed by atoms with E-state index in [9.17, 15) is 19.7 Å². The van der Waals surface area contributed by atoms with Crippen LogP contribution in [0.25, 0.3) is 0 Å². The van der Waals surface area contributed by atoms with Gasteiger partial charge in [0.15, 0.2) is 0 Å². The molecule has 2 N–H and O–H groups in total. The van der Waals surface area contributed by atoms with Crippen LogP contribution >= 0.6 is 15.9 Å². The van der Waals surface area contributed by atoms with Crippen LogP contribution in [0.1, 0.15) is 70.0 Å². The van der Waals surface area contributed by atoms with Crippen molar-refractivity contribution in [1.82, 2.24) is 4.90 Å². The molecule has 0 unspecified atom stereocenters. The van der Waals surface area contributed by atoms with Gasteiger partial charge in [0, 0.05) is 16.1 Å². The summed E-state index contributed by atoms with van der Waals surface area (Å²) in [7, 11) is -1.14. The summed E-state index contributed by atoms with van der Waals surface area (Å²) in [6.07, 6.45) is 6.20. The lowest BCUT2D eigenvalue weighted by Crippen LogP contribution is -2.45. The second-order valence-corrected chi connectivity index (χ2v) is 10.5. The van der Waals surface area contributed by atoms with Crippen molar-refractivity contribution in [3.05, 3.63) is 39.3 Å². The van der Waals surface area contributed by atoms with Gasteiger partial charge in [-0.1, -0.05) is 47.7 Å². The van der Waals surface area contributed by atoms with E-state index in [1.54, 1.807) is 23.1 Å². The number of likely N-dealkylation sites (tertiary alicyclic amines) is 1. The summed E-state index contributed by atoms with van der Waals surface area (Å²) >= 11 is 3.44. The van der Waals surface area contributed by atoms with Gasteiger partial charge in [-0.15, -0.1) is 0 Å². The number of benzene rings is 1. The molecule has 2 aliphatic carbocycles. The summed E-state index contributed by atoms with van der Waals surface area (Å²) < 4.78 is 6.77. The number of fused-ring (bicyclic) bond motifs is 3. The summed E-state index contributed by atoms with van der Waals surface area (Å²) in [5, 5.41) is 21.4. The maximum Gasteiger partial charge on any atom is 0.487 e. The van der Waals surface area contributed by atoms with Crippen LogP contribution in [0.5, 0.6) is 5.75 Å². The van der Waals surface area contributed by atoms with E-state index in [1.807, 2.05) is 6.92 Å². The van der Waals surface area contributed by atoms with Crippen LogP contribution in [-0.4, -0.2) is 40.0 Å². The molecule has 1 aromatic rings. The minimum absolute atomic E-state index is 0.0116. The molecule has 2 heterocycles. The average Bonchev–Trinajstić information content (AvgIpc) is 3.05. The van der Waals surface area contributed by atoms with Crippen LogP contribution in [0.4, 0.5) is 0 Å². The number of hydrogen-bond donors (Lipinski definition) is 2. The third-order valence-electron chi connectivity index (χ3n) is 7.95. The van der Waals surface area contributed by atoms with Gasteiger partial charge in [-0.25, -0.2) is 0 Å². The van der Waals surface area contributed by atoms with E-state index in [0.717, 1.165) is 47.6 Å². The van der Waals surface area contributed by atoms with Gasteiger partial charge >= 0.3 is 7.12 Å². The van der Waals surface area contributed by atoms with Crippen molar-refractivity contribution in [1.29, 1.82) is 0 Å². The zero-order chi connectivity index (χ0) is 22.6. The van der Waals surface area contributed by atoms with Gasteiger partial charge in [0.05, 0.1) is 17.9 Å². The number of phenolic OH excluding ortho intramolecular Hbond substituents is 1. The first kappa shape index (κ1) is 22.2. The largest absolute Gasteiger partial charge is 0.508 e. The molecule has 32 heavy (non-hydrogen) atoms. The molecular weight excluding hydrogens is 473 g/mol. The van der Waals surface area contributed by atoms with Crippen molar-refractivity contribution in [3.8, 4) is 5.75 Å². The van der Waals surface area contributed by atoms with Gasteiger partial charge in [0.25, 0.3) is 0 Å². The van der Waals surface area contributed by atoms with Gasteiger partial charge in [-0.05, 0) is 61.7 Å². The monoisotopic (exact) mass is 501 g/mol. The Kier molecular flexibility index (Phi) is 5.97. The quantitative estimate of drug-likeness (QED) is 0.476. The van der Waals surface area contributed by atoms with E-state index in [2.05, 4.69) is 15.9 Å². The molecule has 5 rings (SSSR count). The minimum Gasteiger partial charge on any atom is -0.508 e. The van der Waals surface area contributed by atoms with E-state index in [1.165, 1.54) is 0 Å². The normalized spacial score (nSPS) is 31.2. The second kappa shape index (κ2) is 8.62. The highest BCUT2D eigenvalue weighted by Crippen LogP contribution is 2.53. The van der Waals surface area contributed by atoms with Gasteiger partial charge in [0.2, 0.25) is 11.8 Å². The molecule has 2 saturated heterocycles. The van der Waals surface area contributed by atoms with Gasteiger partial charge < -0.3 is 14.8 Å². The first-order valence-corrected chi connectivity index (χ1v) is 12.6. The molecule has 1 aromatic carbocycles. The van der Waals surface area contributed by atoms with Gasteiger partial charge in [0.1, 0.15) is 5.75 Å². The van der Waals surface area contributed by atoms with E-state index >= 15 is 0 Å². The van der Waals surface area contributed by atoms with Crippen LogP contribution in [0, 0.1) is 17.8 Å². The number of carbonyl (C=O) groups is 2. The highest BCUT2D eigenvalue weighted by atomic mass is 79.9. The molecule has 2 aliphatic heterocycles. The molecule has 8 heteroatoms. The zero-order valence-electron chi connectivity index (χ0n) is 18.3. The number of amides is 2. The summed E-state index contributed by atoms with van der Waals surface area (Å²) in [4.78, 5) is 28.7. The first-order valence-electron chi connectivity index (χ1n) is 11.8. The van der Waals surface area contributed by atoms with E-state index in [0.29, 0.717) is 24.8 Å². The fourth-order valence-corrected chi connectivity index (χ4v) is 6.84. The summed E-state index contributed by atoms with van der Waals surface area (Å²) in [6.45, 7) is 2.03. The van der Waals surface area contributed by atoms with Gasteiger partial charge in [-0.3, -0.25) is 14.5 Å². The summed E-state index contributed by atoms with van der Waals surface area (Å²) in [5.41, 5.74) is 2.40. The SMILES string of the molecule is CCC1=C2B(O)O[C@H](c3cc(Br)ccc3O)C[C@H]2[C@H]2C(=O)N(C3CCCCC3)C(=O)[C@H]2C1. The minimum atomic E-state index is -1.14. The Morgan fingerprint density at radius 2 is 1.91 bits per heavy atom. The highest BCUT2D eigenvalue weighted by molar-refractivity contribution is 9.10. The van der Waals surface area contributed by atoms with Crippen LogP contribution in [0.3, 0.4) is 0 Å². The Labute approximate surface area is 197 Å². The molecule has 0 bridgehead atoms. The maximum atomic E-state index is 13.7. The van der Waals surface area contributed by atoms with Crippen molar-refractivity contribution < 1.29 is 24.4 Å². The molecule has 1 saturated carbocycles. The molecule has 2 amide bonds. The summed E-state index contributed by atoms with van der Waals surface area (Å²) in [5.74, 6) is -1.07. The van der Waals surface area contributed by atoms with Crippen molar-refractivity contribution in [2.45, 2.75) is 70.4 Å². The van der Waals surface area contributed by atoms with Crippen LogP contribution < -0.4 is 0 Å². The van der Waals surface area contributed by atoms with Crippen LogP contribution in [0.2, 0.25) is 0 Å². The van der Waals surface area contributed by atoms with E-state index < -0.39 is 19.1 Å². The molecule has 6 nitrogen and oxygen atoms in total. The number of rotatable bonds is 3. The smallest absolute Gasteiger partial charge is 0.487 e. The van der Waals surface area contributed by atoms with Gasteiger partial charge in [-0.2, -0.15) is 0 Å². The average molecular weight is 502 g/mol. The zero-order valence-corrected chi connectivity index (χ0v) is 19.9. The number of nitrogens with zero attached hydrogens (tertiary/aromatic N) is 1. The molecule has 4 atom stereocenters. The Bertz CT molecular complexity index is 975. The molecular formula is C24H29BBrNO5. The second-order valence-electron chi connectivity index (χ2n) is 9.61. The highest BCUT2D eigenvalue weighted by Gasteiger charge is 2.58. The predicted molar refractivity (Wildman–Crippen MR) is 123 cm³/mol. The Morgan fingerprint density at radius 3 is 2.62 bits per heavy atom. The molecule has 0 spiro atoms. The molecule has 4 aliphatic rings. The fraction of sp³-hybridized carbons (Fsp3) is 0.583.